The lowest BCUT2D eigenvalue weighted by atomic mass is 9.96. The van der Waals surface area contributed by atoms with Gasteiger partial charge in [0.2, 0.25) is 5.91 Å². The van der Waals surface area contributed by atoms with E-state index in [2.05, 4.69) is 10.3 Å². The minimum atomic E-state index is -0.830. The number of carboxylic acid groups (broad SMARTS) is 1. The number of aromatic amines is 1. The summed E-state index contributed by atoms with van der Waals surface area (Å²) >= 11 is 0. The van der Waals surface area contributed by atoms with Gasteiger partial charge in [-0.3, -0.25) is 9.59 Å². The van der Waals surface area contributed by atoms with E-state index < -0.39 is 5.97 Å². The van der Waals surface area contributed by atoms with Crippen LogP contribution in [-0.4, -0.2) is 29.1 Å². The van der Waals surface area contributed by atoms with Gasteiger partial charge in [0.15, 0.2) is 0 Å². The fraction of sp³-hybridized carbons (Fsp3) is 0.214. The van der Waals surface area contributed by atoms with Crippen LogP contribution in [-0.2, 0) is 22.4 Å². The highest BCUT2D eigenvalue weighted by Gasteiger charge is 2.21. The fourth-order valence-corrected chi connectivity index (χ4v) is 4.22. The molecule has 0 bridgehead atoms. The maximum Gasteiger partial charge on any atom is 0.303 e. The number of amides is 1. The summed E-state index contributed by atoms with van der Waals surface area (Å²) in [6.45, 7) is 2.00. The molecule has 0 fully saturated rings. The van der Waals surface area contributed by atoms with Gasteiger partial charge in [0.05, 0.1) is 19.6 Å². The van der Waals surface area contributed by atoms with Crippen molar-refractivity contribution in [1.82, 2.24) is 10.3 Å². The largest absolute Gasteiger partial charge is 0.496 e. The van der Waals surface area contributed by atoms with Crippen molar-refractivity contribution in [3.8, 4) is 5.75 Å². The van der Waals surface area contributed by atoms with Gasteiger partial charge in [0, 0.05) is 29.1 Å². The molecule has 0 saturated heterocycles. The zero-order valence-electron chi connectivity index (χ0n) is 19.3. The van der Waals surface area contributed by atoms with Crippen LogP contribution in [0.1, 0.15) is 40.3 Å². The maximum atomic E-state index is 13.2. The standard InChI is InChI=1S/C28H28N2O4/c1-18-8-11-22(25(14-18)34-2)28(20-6-4-3-5-7-20)30-26(31)16-19-9-12-24-23(15-19)21(17-29-24)10-13-27(32)33/h3-9,11-12,14-15,17,28-29H,10,13,16H2,1-2H3,(H,30,31)(H,32,33). The van der Waals surface area contributed by atoms with E-state index in [-0.39, 0.29) is 24.8 Å². The number of methoxy groups -OCH3 is 1. The van der Waals surface area contributed by atoms with Gasteiger partial charge in [-0.25, -0.2) is 0 Å². The van der Waals surface area contributed by atoms with Gasteiger partial charge in [0.25, 0.3) is 0 Å². The summed E-state index contributed by atoms with van der Waals surface area (Å²) in [7, 11) is 1.64. The van der Waals surface area contributed by atoms with Gasteiger partial charge in [-0.15, -0.1) is 0 Å². The molecule has 0 spiro atoms. The number of hydrogen-bond acceptors (Lipinski definition) is 3. The zero-order valence-corrected chi connectivity index (χ0v) is 19.3. The van der Waals surface area contributed by atoms with Crippen LogP contribution in [0.3, 0.4) is 0 Å². The minimum Gasteiger partial charge on any atom is -0.496 e. The van der Waals surface area contributed by atoms with Crippen molar-refractivity contribution in [3.05, 3.63) is 101 Å². The van der Waals surface area contributed by atoms with Crippen molar-refractivity contribution < 1.29 is 19.4 Å². The Balaban J connectivity index is 1.58. The van der Waals surface area contributed by atoms with Crippen LogP contribution in [0.25, 0.3) is 10.9 Å². The molecule has 3 aromatic carbocycles. The van der Waals surface area contributed by atoms with Crippen molar-refractivity contribution >= 4 is 22.8 Å². The number of carboxylic acids is 1. The van der Waals surface area contributed by atoms with Crippen molar-refractivity contribution in [2.75, 3.05) is 7.11 Å². The molecule has 0 aliphatic rings. The summed E-state index contributed by atoms with van der Waals surface area (Å²) in [6.07, 6.45) is 2.55. The molecular formula is C28H28N2O4. The molecule has 4 aromatic rings. The number of ether oxygens (including phenoxy) is 1. The van der Waals surface area contributed by atoms with Gasteiger partial charge < -0.3 is 20.1 Å². The summed E-state index contributed by atoms with van der Waals surface area (Å²) in [5.41, 5.74) is 5.67. The second-order valence-corrected chi connectivity index (χ2v) is 8.42. The first kappa shape index (κ1) is 23.1. The third-order valence-corrected chi connectivity index (χ3v) is 5.94. The first-order valence-corrected chi connectivity index (χ1v) is 11.2. The summed E-state index contributed by atoms with van der Waals surface area (Å²) in [4.78, 5) is 27.3. The van der Waals surface area contributed by atoms with E-state index in [1.165, 1.54) is 0 Å². The molecule has 0 radical (unpaired) electrons. The number of aryl methyl sites for hydroxylation is 2. The van der Waals surface area contributed by atoms with Crippen LogP contribution in [0.15, 0.2) is 72.9 Å². The Labute approximate surface area is 198 Å². The van der Waals surface area contributed by atoms with Crippen molar-refractivity contribution in [2.24, 2.45) is 0 Å². The second-order valence-electron chi connectivity index (χ2n) is 8.42. The molecule has 1 heterocycles. The average molecular weight is 457 g/mol. The van der Waals surface area contributed by atoms with Crippen LogP contribution in [0.2, 0.25) is 0 Å². The molecule has 0 aliphatic carbocycles. The molecule has 0 saturated carbocycles. The molecule has 4 rings (SSSR count). The molecule has 1 amide bonds. The molecule has 34 heavy (non-hydrogen) atoms. The number of benzene rings is 3. The lowest BCUT2D eigenvalue weighted by molar-refractivity contribution is -0.137. The first-order chi connectivity index (χ1) is 16.4. The lowest BCUT2D eigenvalue weighted by Gasteiger charge is -2.22. The highest BCUT2D eigenvalue weighted by Crippen LogP contribution is 2.31. The third kappa shape index (κ3) is 5.29. The molecule has 6 nitrogen and oxygen atoms in total. The average Bonchev–Trinajstić information content (AvgIpc) is 3.24. The Hall–Kier alpha value is -4.06. The van der Waals surface area contributed by atoms with Crippen LogP contribution in [0.5, 0.6) is 5.75 Å². The molecule has 6 heteroatoms. The predicted octanol–water partition coefficient (Wildman–Crippen LogP) is 4.95. The monoisotopic (exact) mass is 456 g/mol. The second kappa shape index (κ2) is 10.3. The van der Waals surface area contributed by atoms with Crippen LogP contribution >= 0.6 is 0 Å². The Kier molecular flexibility index (Phi) is 6.97. The number of aliphatic carboxylic acids is 1. The third-order valence-electron chi connectivity index (χ3n) is 5.94. The van der Waals surface area contributed by atoms with E-state index in [0.29, 0.717) is 6.42 Å². The number of fused-ring (bicyclic) bond motifs is 1. The van der Waals surface area contributed by atoms with Gasteiger partial charge in [-0.1, -0.05) is 48.5 Å². The SMILES string of the molecule is COc1cc(C)ccc1C(NC(=O)Cc1ccc2[nH]cc(CCC(=O)O)c2c1)c1ccccc1. The Morgan fingerprint density at radius 1 is 1.06 bits per heavy atom. The topological polar surface area (TPSA) is 91.4 Å². The molecule has 0 aliphatic heterocycles. The van der Waals surface area contributed by atoms with Crippen LogP contribution in [0, 0.1) is 6.92 Å². The Bertz CT molecular complexity index is 1310. The predicted molar refractivity (Wildman–Crippen MR) is 132 cm³/mol. The number of nitrogens with one attached hydrogen (secondary N) is 2. The quantitative estimate of drug-likeness (QED) is 0.332. The van der Waals surface area contributed by atoms with E-state index in [1.54, 1.807) is 7.11 Å². The first-order valence-electron chi connectivity index (χ1n) is 11.2. The minimum absolute atomic E-state index is 0.0643. The van der Waals surface area contributed by atoms with E-state index in [9.17, 15) is 9.59 Å². The van der Waals surface area contributed by atoms with Gasteiger partial charge in [-0.05, 0) is 53.8 Å². The normalized spacial score (nSPS) is 11.8. The molecule has 3 N–H and O–H groups in total. The van der Waals surface area contributed by atoms with Gasteiger partial charge >= 0.3 is 5.97 Å². The molecule has 1 aromatic heterocycles. The zero-order chi connectivity index (χ0) is 24.1. The summed E-state index contributed by atoms with van der Waals surface area (Å²) in [5, 5.41) is 13.1. The highest BCUT2D eigenvalue weighted by atomic mass is 16.5. The lowest BCUT2D eigenvalue weighted by Crippen LogP contribution is -2.30. The number of H-pyrrole nitrogens is 1. The van der Waals surface area contributed by atoms with Crippen LogP contribution < -0.4 is 10.1 Å². The van der Waals surface area contributed by atoms with Crippen LogP contribution in [0.4, 0.5) is 0 Å². The summed E-state index contributed by atoms with van der Waals surface area (Å²) < 4.78 is 5.62. The molecule has 1 atom stereocenters. The van der Waals surface area contributed by atoms with Crippen molar-refractivity contribution in [1.29, 1.82) is 0 Å². The summed E-state index contributed by atoms with van der Waals surface area (Å²) in [6, 6.07) is 21.3. The number of aromatic nitrogens is 1. The number of carbonyl (C=O) groups is 2. The Morgan fingerprint density at radius 2 is 1.85 bits per heavy atom. The van der Waals surface area contributed by atoms with Gasteiger partial charge in [0.1, 0.15) is 5.75 Å². The molecular weight excluding hydrogens is 428 g/mol. The van der Waals surface area contributed by atoms with E-state index in [1.807, 2.05) is 79.9 Å². The van der Waals surface area contributed by atoms with E-state index in [0.717, 1.165) is 44.5 Å². The van der Waals surface area contributed by atoms with Crippen molar-refractivity contribution in [2.45, 2.75) is 32.2 Å². The van der Waals surface area contributed by atoms with Gasteiger partial charge in [-0.2, -0.15) is 0 Å². The number of carbonyl (C=O) groups excluding carboxylic acids is 1. The maximum absolute atomic E-state index is 13.2. The molecule has 1 unspecified atom stereocenters. The fourth-order valence-electron chi connectivity index (χ4n) is 4.22. The highest BCUT2D eigenvalue weighted by molar-refractivity contribution is 5.86. The van der Waals surface area contributed by atoms with E-state index in [4.69, 9.17) is 9.84 Å². The van der Waals surface area contributed by atoms with E-state index >= 15 is 0 Å². The molecule has 174 valence electrons. The summed E-state index contributed by atoms with van der Waals surface area (Å²) in [5.74, 6) is -0.215. The van der Waals surface area contributed by atoms with Crippen molar-refractivity contribution in [3.63, 3.8) is 0 Å². The number of hydrogen-bond donors (Lipinski definition) is 3. The Morgan fingerprint density at radius 3 is 2.59 bits per heavy atom. The smallest absolute Gasteiger partial charge is 0.303 e. The number of rotatable bonds is 9.